The molecule has 1 aliphatic carbocycles. The van der Waals surface area contributed by atoms with Gasteiger partial charge >= 0.3 is 0 Å². The van der Waals surface area contributed by atoms with Crippen LogP contribution >= 0.6 is 23.1 Å². The number of thiazole rings is 1. The minimum atomic E-state index is -0.124. The van der Waals surface area contributed by atoms with E-state index in [9.17, 15) is 4.79 Å². The van der Waals surface area contributed by atoms with E-state index in [-0.39, 0.29) is 5.91 Å². The van der Waals surface area contributed by atoms with Gasteiger partial charge in [-0.05, 0) is 32.1 Å². The van der Waals surface area contributed by atoms with Gasteiger partial charge in [-0.25, -0.2) is 4.98 Å². The van der Waals surface area contributed by atoms with Crippen LogP contribution in [-0.4, -0.2) is 26.9 Å². The van der Waals surface area contributed by atoms with Gasteiger partial charge in [-0.15, -0.1) is 11.8 Å². The standard InChI is InChI=1S/C14H18N4OS2/c1-9-13(20-2)21-14(16-9)17-12(19)11-7-8-15-18(11)10-5-3-4-6-10/h7-8,10H,3-6H2,1-2H3,(H,16,17,19). The average molecular weight is 322 g/mol. The van der Waals surface area contributed by atoms with E-state index < -0.39 is 0 Å². The number of hydrogen-bond acceptors (Lipinski definition) is 5. The molecule has 0 spiro atoms. The van der Waals surface area contributed by atoms with Gasteiger partial charge in [0.15, 0.2) is 5.13 Å². The quantitative estimate of drug-likeness (QED) is 0.871. The van der Waals surface area contributed by atoms with Crippen molar-refractivity contribution in [3.63, 3.8) is 0 Å². The number of hydrogen-bond donors (Lipinski definition) is 1. The summed E-state index contributed by atoms with van der Waals surface area (Å²) in [6.07, 6.45) is 8.36. The first-order chi connectivity index (χ1) is 10.2. The second kappa shape index (κ2) is 6.19. The Labute approximate surface area is 132 Å². The van der Waals surface area contributed by atoms with Gasteiger partial charge in [-0.1, -0.05) is 24.2 Å². The molecule has 0 atom stereocenters. The van der Waals surface area contributed by atoms with Gasteiger partial charge in [0.1, 0.15) is 5.69 Å². The lowest BCUT2D eigenvalue weighted by molar-refractivity contribution is 0.101. The number of rotatable bonds is 4. The summed E-state index contributed by atoms with van der Waals surface area (Å²) in [6.45, 7) is 1.96. The Bertz CT molecular complexity index is 643. The third-order valence-electron chi connectivity index (χ3n) is 3.73. The minimum absolute atomic E-state index is 0.124. The number of thioether (sulfide) groups is 1. The molecule has 21 heavy (non-hydrogen) atoms. The van der Waals surface area contributed by atoms with Crippen molar-refractivity contribution in [1.82, 2.24) is 14.8 Å². The van der Waals surface area contributed by atoms with Gasteiger partial charge in [0.2, 0.25) is 0 Å². The topological polar surface area (TPSA) is 59.8 Å². The average Bonchev–Trinajstić information content (AvgIpc) is 3.18. The van der Waals surface area contributed by atoms with E-state index in [2.05, 4.69) is 15.4 Å². The Morgan fingerprint density at radius 1 is 1.48 bits per heavy atom. The zero-order valence-corrected chi connectivity index (χ0v) is 13.8. The summed E-state index contributed by atoms with van der Waals surface area (Å²) in [6, 6.07) is 2.14. The largest absolute Gasteiger partial charge is 0.296 e. The van der Waals surface area contributed by atoms with Crippen molar-refractivity contribution in [2.24, 2.45) is 0 Å². The van der Waals surface area contributed by atoms with Gasteiger partial charge in [-0.2, -0.15) is 5.10 Å². The molecule has 1 aliphatic rings. The first-order valence-electron chi connectivity index (χ1n) is 7.05. The smallest absolute Gasteiger partial charge is 0.275 e. The van der Waals surface area contributed by atoms with Crippen LogP contribution in [0.4, 0.5) is 5.13 Å². The highest BCUT2D eigenvalue weighted by molar-refractivity contribution is 8.00. The van der Waals surface area contributed by atoms with E-state index in [0.29, 0.717) is 16.9 Å². The van der Waals surface area contributed by atoms with Crippen LogP contribution in [0.3, 0.4) is 0 Å². The molecule has 112 valence electrons. The van der Waals surface area contributed by atoms with E-state index in [0.717, 1.165) is 22.7 Å². The summed E-state index contributed by atoms with van der Waals surface area (Å²) in [5.74, 6) is -0.124. The molecule has 0 saturated heterocycles. The number of amides is 1. The fraction of sp³-hybridized carbons (Fsp3) is 0.500. The first kappa shape index (κ1) is 14.6. The van der Waals surface area contributed by atoms with Gasteiger partial charge in [-0.3, -0.25) is 14.8 Å². The maximum absolute atomic E-state index is 12.4. The number of anilines is 1. The Balaban J connectivity index is 1.77. The Morgan fingerprint density at radius 2 is 2.24 bits per heavy atom. The van der Waals surface area contributed by atoms with E-state index >= 15 is 0 Å². The molecule has 3 rings (SSSR count). The molecule has 7 heteroatoms. The molecule has 2 heterocycles. The summed E-state index contributed by atoms with van der Waals surface area (Å²) in [7, 11) is 0. The second-order valence-electron chi connectivity index (χ2n) is 5.15. The number of aromatic nitrogens is 3. The predicted octanol–water partition coefficient (Wildman–Crippen LogP) is 3.74. The van der Waals surface area contributed by atoms with Crippen LogP contribution in [0, 0.1) is 6.92 Å². The number of carbonyl (C=O) groups is 1. The molecule has 0 bridgehead atoms. The molecule has 2 aromatic heterocycles. The zero-order valence-electron chi connectivity index (χ0n) is 12.1. The molecule has 0 unspecified atom stereocenters. The lowest BCUT2D eigenvalue weighted by Gasteiger charge is -2.13. The van der Waals surface area contributed by atoms with Crippen LogP contribution in [0.15, 0.2) is 16.5 Å². The Morgan fingerprint density at radius 3 is 2.90 bits per heavy atom. The molecular formula is C14H18N4OS2. The summed E-state index contributed by atoms with van der Waals surface area (Å²) in [5, 5.41) is 7.89. The van der Waals surface area contributed by atoms with Crippen LogP contribution in [0.25, 0.3) is 0 Å². The van der Waals surface area contributed by atoms with Crippen molar-refractivity contribution in [2.45, 2.75) is 42.9 Å². The fourth-order valence-corrected chi connectivity index (χ4v) is 4.33. The molecule has 1 N–H and O–H groups in total. The van der Waals surface area contributed by atoms with Crippen molar-refractivity contribution < 1.29 is 4.79 Å². The molecule has 0 aromatic carbocycles. The number of aryl methyl sites for hydroxylation is 1. The van der Waals surface area contributed by atoms with Crippen LogP contribution < -0.4 is 5.32 Å². The molecule has 0 radical (unpaired) electrons. The van der Waals surface area contributed by atoms with Gasteiger partial charge in [0.25, 0.3) is 5.91 Å². The Kier molecular flexibility index (Phi) is 4.30. The van der Waals surface area contributed by atoms with Gasteiger partial charge in [0, 0.05) is 6.20 Å². The van der Waals surface area contributed by atoms with Crippen molar-refractivity contribution in [3.05, 3.63) is 23.7 Å². The SMILES string of the molecule is CSc1sc(NC(=O)c2ccnn2C2CCCC2)nc1C. The monoisotopic (exact) mass is 322 g/mol. The lowest BCUT2D eigenvalue weighted by Crippen LogP contribution is -2.20. The molecule has 0 aliphatic heterocycles. The molecule has 1 amide bonds. The number of nitrogens with zero attached hydrogens (tertiary/aromatic N) is 3. The maximum atomic E-state index is 12.4. The first-order valence-corrected chi connectivity index (χ1v) is 9.09. The summed E-state index contributed by atoms with van der Waals surface area (Å²) >= 11 is 3.16. The minimum Gasteiger partial charge on any atom is -0.296 e. The van der Waals surface area contributed by atoms with Crippen LogP contribution in [0.1, 0.15) is 47.9 Å². The highest BCUT2D eigenvalue weighted by Gasteiger charge is 2.23. The number of nitrogens with one attached hydrogen (secondary N) is 1. The fourth-order valence-electron chi connectivity index (χ4n) is 2.72. The molecule has 1 fully saturated rings. The Hall–Kier alpha value is -1.34. The van der Waals surface area contributed by atoms with E-state index in [4.69, 9.17) is 0 Å². The summed E-state index contributed by atoms with van der Waals surface area (Å²) in [5.41, 5.74) is 1.59. The number of carbonyl (C=O) groups excluding carboxylic acids is 1. The summed E-state index contributed by atoms with van der Waals surface area (Å²) < 4.78 is 3.01. The van der Waals surface area contributed by atoms with Gasteiger partial charge in [0.05, 0.1) is 15.9 Å². The second-order valence-corrected chi connectivity index (χ2v) is 7.22. The van der Waals surface area contributed by atoms with Crippen LogP contribution in [0.2, 0.25) is 0 Å². The van der Waals surface area contributed by atoms with Crippen LogP contribution in [0.5, 0.6) is 0 Å². The van der Waals surface area contributed by atoms with E-state index in [1.807, 2.05) is 17.9 Å². The van der Waals surface area contributed by atoms with Crippen molar-refractivity contribution in [2.75, 3.05) is 11.6 Å². The van der Waals surface area contributed by atoms with Gasteiger partial charge < -0.3 is 0 Å². The normalized spacial score (nSPS) is 15.5. The lowest BCUT2D eigenvalue weighted by atomic mass is 10.2. The van der Waals surface area contributed by atoms with Crippen LogP contribution in [-0.2, 0) is 0 Å². The molecule has 2 aromatic rings. The zero-order chi connectivity index (χ0) is 14.8. The third-order valence-corrected chi connectivity index (χ3v) is 6.02. The molecule has 1 saturated carbocycles. The molecule has 5 nitrogen and oxygen atoms in total. The van der Waals surface area contributed by atoms with Crippen molar-refractivity contribution in [3.8, 4) is 0 Å². The molecular weight excluding hydrogens is 304 g/mol. The maximum Gasteiger partial charge on any atom is 0.275 e. The van der Waals surface area contributed by atoms with Crippen molar-refractivity contribution in [1.29, 1.82) is 0 Å². The van der Waals surface area contributed by atoms with E-state index in [1.54, 1.807) is 24.0 Å². The van der Waals surface area contributed by atoms with E-state index in [1.165, 1.54) is 24.2 Å². The highest BCUT2D eigenvalue weighted by Crippen LogP contribution is 2.32. The van der Waals surface area contributed by atoms with Crippen molar-refractivity contribution >= 4 is 34.1 Å². The summed E-state index contributed by atoms with van der Waals surface area (Å²) in [4.78, 5) is 16.8. The third kappa shape index (κ3) is 2.98. The highest BCUT2D eigenvalue weighted by atomic mass is 32.2. The predicted molar refractivity (Wildman–Crippen MR) is 86.3 cm³/mol.